The van der Waals surface area contributed by atoms with Crippen LogP contribution in [-0.4, -0.2) is 31.6 Å². The van der Waals surface area contributed by atoms with Crippen molar-refractivity contribution in [3.8, 4) is 5.75 Å². The highest BCUT2D eigenvalue weighted by atomic mass is 16.5. The second-order valence-corrected chi connectivity index (χ2v) is 5.61. The lowest BCUT2D eigenvalue weighted by Crippen LogP contribution is -2.43. The zero-order chi connectivity index (χ0) is 18.1. The van der Waals surface area contributed by atoms with E-state index in [-0.39, 0.29) is 5.91 Å². The van der Waals surface area contributed by atoms with Crippen LogP contribution in [0.2, 0.25) is 0 Å². The number of amides is 1. The third-order valence-electron chi connectivity index (χ3n) is 3.66. The van der Waals surface area contributed by atoms with Gasteiger partial charge in [0.1, 0.15) is 11.8 Å². The van der Waals surface area contributed by atoms with Gasteiger partial charge in [-0.3, -0.25) is 4.79 Å². The van der Waals surface area contributed by atoms with E-state index in [0.717, 1.165) is 12.0 Å². The van der Waals surface area contributed by atoms with Crippen molar-refractivity contribution in [2.45, 2.75) is 25.8 Å². The Balaban J connectivity index is 2.04. The number of benzene rings is 2. The van der Waals surface area contributed by atoms with Gasteiger partial charge in [0.05, 0.1) is 13.7 Å². The molecule has 0 aromatic heterocycles. The van der Waals surface area contributed by atoms with Gasteiger partial charge >= 0.3 is 5.97 Å². The normalized spacial score (nSPS) is 11.4. The first-order valence-corrected chi connectivity index (χ1v) is 8.29. The van der Waals surface area contributed by atoms with Crippen molar-refractivity contribution in [1.82, 2.24) is 5.32 Å². The summed E-state index contributed by atoms with van der Waals surface area (Å²) in [6, 6.07) is 15.6. The van der Waals surface area contributed by atoms with E-state index >= 15 is 0 Å². The molecule has 0 bridgehead atoms. The minimum Gasteiger partial charge on any atom is -0.494 e. The maximum atomic E-state index is 12.4. The van der Waals surface area contributed by atoms with Crippen LogP contribution >= 0.6 is 0 Å². The van der Waals surface area contributed by atoms with Crippen molar-refractivity contribution in [1.29, 1.82) is 0 Å². The van der Waals surface area contributed by atoms with E-state index in [4.69, 9.17) is 9.47 Å². The molecule has 5 heteroatoms. The number of carbonyl (C=O) groups is 2. The molecule has 0 saturated carbocycles. The highest BCUT2D eigenvalue weighted by molar-refractivity contribution is 5.96. The van der Waals surface area contributed by atoms with Crippen LogP contribution in [0.4, 0.5) is 0 Å². The molecule has 0 heterocycles. The molecule has 1 atom stereocenters. The number of ether oxygens (including phenoxy) is 2. The molecule has 0 aliphatic heterocycles. The van der Waals surface area contributed by atoms with Crippen LogP contribution in [0, 0.1) is 0 Å². The third-order valence-corrected chi connectivity index (χ3v) is 3.66. The number of hydrogen-bond acceptors (Lipinski definition) is 4. The van der Waals surface area contributed by atoms with E-state index in [1.165, 1.54) is 7.11 Å². The van der Waals surface area contributed by atoms with Gasteiger partial charge in [0.25, 0.3) is 5.91 Å². The van der Waals surface area contributed by atoms with Gasteiger partial charge in [0.15, 0.2) is 0 Å². The fourth-order valence-corrected chi connectivity index (χ4v) is 2.35. The van der Waals surface area contributed by atoms with Crippen LogP contribution in [0.25, 0.3) is 0 Å². The highest BCUT2D eigenvalue weighted by Gasteiger charge is 2.22. The molecule has 0 aliphatic carbocycles. The van der Waals surface area contributed by atoms with Crippen molar-refractivity contribution in [2.24, 2.45) is 0 Å². The van der Waals surface area contributed by atoms with Crippen molar-refractivity contribution < 1.29 is 19.1 Å². The summed E-state index contributed by atoms with van der Waals surface area (Å²) in [6.07, 6.45) is 1.29. The minimum absolute atomic E-state index is 0.326. The molecule has 2 rings (SSSR count). The summed E-state index contributed by atoms with van der Waals surface area (Å²) in [6.45, 7) is 2.66. The Morgan fingerprint density at radius 2 is 1.72 bits per heavy atom. The number of hydrogen-bond donors (Lipinski definition) is 1. The van der Waals surface area contributed by atoms with Crippen LogP contribution in [-0.2, 0) is 16.0 Å². The summed E-state index contributed by atoms with van der Waals surface area (Å²) < 4.78 is 10.3. The molecule has 0 radical (unpaired) electrons. The van der Waals surface area contributed by atoms with Crippen LogP contribution < -0.4 is 10.1 Å². The Morgan fingerprint density at radius 1 is 1.04 bits per heavy atom. The van der Waals surface area contributed by atoms with Crippen molar-refractivity contribution in [2.75, 3.05) is 13.7 Å². The second kappa shape index (κ2) is 9.47. The summed E-state index contributed by atoms with van der Waals surface area (Å²) in [5.74, 6) is -0.0827. The predicted octanol–water partition coefficient (Wildman–Crippen LogP) is 2.99. The lowest BCUT2D eigenvalue weighted by atomic mass is 10.1. The average molecular weight is 341 g/mol. The molecule has 0 fully saturated rings. The summed E-state index contributed by atoms with van der Waals surface area (Å²) in [5, 5.41) is 2.74. The Bertz CT molecular complexity index is 683. The van der Waals surface area contributed by atoms with Crippen LogP contribution in [0.5, 0.6) is 5.75 Å². The Kier molecular flexibility index (Phi) is 7.01. The van der Waals surface area contributed by atoms with Gasteiger partial charge < -0.3 is 14.8 Å². The van der Waals surface area contributed by atoms with Crippen molar-refractivity contribution in [3.05, 3.63) is 65.7 Å². The smallest absolute Gasteiger partial charge is 0.328 e. The Labute approximate surface area is 148 Å². The summed E-state index contributed by atoms with van der Waals surface area (Å²) in [4.78, 5) is 24.4. The van der Waals surface area contributed by atoms with Crippen LogP contribution in [0.1, 0.15) is 29.3 Å². The lowest BCUT2D eigenvalue weighted by molar-refractivity contribution is -0.142. The molecule has 2 aromatic carbocycles. The van der Waals surface area contributed by atoms with E-state index < -0.39 is 12.0 Å². The van der Waals surface area contributed by atoms with Gasteiger partial charge in [-0.1, -0.05) is 37.3 Å². The number of rotatable bonds is 8. The number of nitrogens with one attached hydrogen (secondary N) is 1. The summed E-state index contributed by atoms with van der Waals surface area (Å²) >= 11 is 0. The SMILES string of the molecule is CCCOc1ccc(C(=O)NC(Cc2ccccc2)C(=O)OC)cc1. The van der Waals surface area contributed by atoms with Gasteiger partial charge in [0, 0.05) is 12.0 Å². The lowest BCUT2D eigenvalue weighted by Gasteiger charge is -2.17. The van der Waals surface area contributed by atoms with Crippen LogP contribution in [0.3, 0.4) is 0 Å². The Hall–Kier alpha value is -2.82. The van der Waals surface area contributed by atoms with E-state index in [1.807, 2.05) is 37.3 Å². The predicted molar refractivity (Wildman–Crippen MR) is 95.6 cm³/mol. The van der Waals surface area contributed by atoms with Gasteiger partial charge in [0.2, 0.25) is 0 Å². The van der Waals surface area contributed by atoms with E-state index in [2.05, 4.69) is 5.32 Å². The molecule has 5 nitrogen and oxygen atoms in total. The first kappa shape index (κ1) is 18.5. The largest absolute Gasteiger partial charge is 0.494 e. The molecule has 1 unspecified atom stereocenters. The highest BCUT2D eigenvalue weighted by Crippen LogP contribution is 2.13. The maximum Gasteiger partial charge on any atom is 0.328 e. The molecule has 0 spiro atoms. The first-order valence-electron chi connectivity index (χ1n) is 8.29. The monoisotopic (exact) mass is 341 g/mol. The van der Waals surface area contributed by atoms with Gasteiger partial charge in [-0.2, -0.15) is 0 Å². The zero-order valence-electron chi connectivity index (χ0n) is 14.5. The topological polar surface area (TPSA) is 64.6 Å². The Morgan fingerprint density at radius 3 is 2.32 bits per heavy atom. The molecule has 0 aliphatic rings. The first-order chi connectivity index (χ1) is 12.1. The summed E-state index contributed by atoms with van der Waals surface area (Å²) in [7, 11) is 1.31. The third kappa shape index (κ3) is 5.64. The van der Waals surface area contributed by atoms with Gasteiger partial charge in [-0.05, 0) is 36.2 Å². The fourth-order valence-electron chi connectivity index (χ4n) is 2.35. The minimum atomic E-state index is -0.740. The molecular weight excluding hydrogens is 318 g/mol. The molecule has 2 aromatic rings. The standard InChI is InChI=1S/C20H23NO4/c1-3-13-25-17-11-9-16(10-12-17)19(22)21-18(20(23)24-2)14-15-7-5-4-6-8-15/h4-12,18H,3,13-14H2,1-2H3,(H,21,22). The van der Waals surface area contributed by atoms with E-state index in [1.54, 1.807) is 24.3 Å². The van der Waals surface area contributed by atoms with Crippen molar-refractivity contribution in [3.63, 3.8) is 0 Å². The van der Waals surface area contributed by atoms with Gasteiger partial charge in [-0.25, -0.2) is 4.79 Å². The second-order valence-electron chi connectivity index (χ2n) is 5.61. The molecule has 0 saturated heterocycles. The average Bonchev–Trinajstić information content (AvgIpc) is 2.66. The maximum absolute atomic E-state index is 12.4. The van der Waals surface area contributed by atoms with Crippen LogP contribution in [0.15, 0.2) is 54.6 Å². The van der Waals surface area contributed by atoms with Gasteiger partial charge in [-0.15, -0.1) is 0 Å². The molecular formula is C20H23NO4. The molecule has 1 amide bonds. The van der Waals surface area contributed by atoms with E-state index in [0.29, 0.717) is 24.3 Å². The number of carbonyl (C=O) groups excluding carboxylic acids is 2. The zero-order valence-corrected chi connectivity index (χ0v) is 14.5. The molecule has 25 heavy (non-hydrogen) atoms. The number of methoxy groups -OCH3 is 1. The molecule has 132 valence electrons. The quantitative estimate of drug-likeness (QED) is 0.750. The van der Waals surface area contributed by atoms with E-state index in [9.17, 15) is 9.59 Å². The fraction of sp³-hybridized carbons (Fsp3) is 0.300. The molecule has 1 N–H and O–H groups in total. The number of esters is 1. The summed E-state index contributed by atoms with van der Waals surface area (Å²) in [5.41, 5.74) is 1.41. The van der Waals surface area contributed by atoms with Crippen molar-refractivity contribution >= 4 is 11.9 Å².